The Bertz CT molecular complexity index is 1840. The normalized spacial score (nSPS) is 11.2. The number of esters is 2. The van der Waals surface area contributed by atoms with Crippen molar-refractivity contribution in [1.29, 1.82) is 0 Å². The first-order valence-corrected chi connectivity index (χ1v) is 19.5. The number of rotatable bonds is 22. The average molecular weight is 753 g/mol. The van der Waals surface area contributed by atoms with E-state index in [4.69, 9.17) is 18.9 Å². The van der Waals surface area contributed by atoms with Crippen molar-refractivity contribution in [3.8, 4) is 11.5 Å². The van der Waals surface area contributed by atoms with E-state index in [1.165, 1.54) is 11.1 Å². The van der Waals surface area contributed by atoms with Crippen LogP contribution in [0.5, 0.6) is 11.5 Å². The first kappa shape index (κ1) is 41.1. The van der Waals surface area contributed by atoms with Gasteiger partial charge in [0, 0.05) is 12.4 Å². The summed E-state index contributed by atoms with van der Waals surface area (Å²) in [6.45, 7) is 5.91. The molecule has 0 aromatic heterocycles. The van der Waals surface area contributed by atoms with Crippen LogP contribution in [0.15, 0.2) is 131 Å². The molecule has 0 bridgehead atoms. The zero-order chi connectivity index (χ0) is 39.2. The number of hydrogen-bond acceptors (Lipinski definition) is 8. The number of nitrogens with zero attached hydrogens (tertiary/aromatic N) is 2. The van der Waals surface area contributed by atoms with Gasteiger partial charge in [-0.3, -0.25) is 9.98 Å². The summed E-state index contributed by atoms with van der Waals surface area (Å²) in [5.74, 6) is 0.616. The summed E-state index contributed by atoms with van der Waals surface area (Å²) in [5.41, 5.74) is 6.74. The molecule has 0 aliphatic carbocycles. The van der Waals surface area contributed by atoms with E-state index in [0.717, 1.165) is 85.4 Å². The maximum atomic E-state index is 12.8. The molecule has 0 amide bonds. The Morgan fingerprint density at radius 1 is 0.446 bits per heavy atom. The van der Waals surface area contributed by atoms with Crippen molar-refractivity contribution >= 4 is 35.7 Å². The van der Waals surface area contributed by atoms with Crippen LogP contribution in [0.25, 0.3) is 0 Å². The smallest absolute Gasteiger partial charge is 0.339 e. The third kappa shape index (κ3) is 14.7. The average Bonchev–Trinajstić information content (AvgIpc) is 3.23. The molecule has 0 saturated carbocycles. The quantitative estimate of drug-likeness (QED) is 0.0397. The fraction of sp³-hybridized carbons (Fsp3) is 0.292. The molecule has 56 heavy (non-hydrogen) atoms. The molecule has 0 radical (unpaired) electrons. The highest BCUT2D eigenvalue weighted by atomic mass is 16.5. The van der Waals surface area contributed by atoms with Gasteiger partial charge in [0.25, 0.3) is 0 Å². The predicted molar refractivity (Wildman–Crippen MR) is 225 cm³/mol. The van der Waals surface area contributed by atoms with E-state index in [2.05, 4.69) is 23.8 Å². The number of ether oxygens (including phenoxy) is 4. The highest BCUT2D eigenvalue weighted by molar-refractivity contribution is 6.03. The maximum absolute atomic E-state index is 12.8. The highest BCUT2D eigenvalue weighted by Crippen LogP contribution is 2.18. The first-order chi connectivity index (χ1) is 27.4. The van der Waals surface area contributed by atoms with Gasteiger partial charge in [0.1, 0.15) is 11.5 Å². The van der Waals surface area contributed by atoms with Crippen LogP contribution >= 0.6 is 0 Å². The maximum Gasteiger partial charge on any atom is 0.339 e. The molecule has 0 spiro atoms. The van der Waals surface area contributed by atoms with Crippen molar-refractivity contribution in [2.45, 2.75) is 65.2 Å². The van der Waals surface area contributed by atoms with Gasteiger partial charge >= 0.3 is 11.9 Å². The van der Waals surface area contributed by atoms with Gasteiger partial charge < -0.3 is 18.9 Å². The number of benzene rings is 5. The van der Waals surface area contributed by atoms with E-state index in [9.17, 15) is 9.59 Å². The van der Waals surface area contributed by atoms with Gasteiger partial charge in [-0.25, -0.2) is 9.59 Å². The molecule has 0 aliphatic rings. The Morgan fingerprint density at radius 2 is 0.804 bits per heavy atom. The van der Waals surface area contributed by atoms with E-state index >= 15 is 0 Å². The lowest BCUT2D eigenvalue weighted by molar-refractivity contribution is 0.0450. The highest BCUT2D eigenvalue weighted by Gasteiger charge is 2.19. The van der Waals surface area contributed by atoms with Crippen molar-refractivity contribution < 1.29 is 28.5 Å². The minimum absolute atomic E-state index is 0.224. The summed E-state index contributed by atoms with van der Waals surface area (Å²) < 4.78 is 22.8. The minimum atomic E-state index is -0.516. The van der Waals surface area contributed by atoms with Crippen LogP contribution in [0.3, 0.4) is 0 Å². The third-order valence-electron chi connectivity index (χ3n) is 9.00. The molecule has 8 nitrogen and oxygen atoms in total. The van der Waals surface area contributed by atoms with Crippen LogP contribution in [0.1, 0.15) is 94.3 Å². The van der Waals surface area contributed by atoms with Crippen LogP contribution in [0.2, 0.25) is 0 Å². The molecule has 5 aromatic rings. The molecule has 5 aromatic carbocycles. The topological polar surface area (TPSA) is 95.8 Å². The SMILES string of the molecule is Cc1ccc(N=Cc2ccc(OCCCCCCOC(=O)c3ccccc3C(=O)OCCCCCCOc3ccc(C=Nc4ccc(C)cc4)cc3)cc2)cc1. The fourth-order valence-electron chi connectivity index (χ4n) is 5.68. The zero-order valence-corrected chi connectivity index (χ0v) is 32.5. The second-order valence-corrected chi connectivity index (χ2v) is 13.7. The predicted octanol–water partition coefficient (Wildman–Crippen LogP) is 11.4. The van der Waals surface area contributed by atoms with Crippen LogP contribution in [-0.2, 0) is 9.47 Å². The number of hydrogen-bond donors (Lipinski definition) is 0. The lowest BCUT2D eigenvalue weighted by Gasteiger charge is -2.10. The van der Waals surface area contributed by atoms with Gasteiger partial charge in [0.05, 0.1) is 48.9 Å². The number of aryl methyl sites for hydroxylation is 2. The van der Waals surface area contributed by atoms with Crippen molar-refractivity contribution in [2.24, 2.45) is 9.98 Å². The molecular formula is C48H52N2O6. The van der Waals surface area contributed by atoms with Crippen LogP contribution < -0.4 is 9.47 Å². The van der Waals surface area contributed by atoms with Crippen molar-refractivity contribution in [2.75, 3.05) is 26.4 Å². The van der Waals surface area contributed by atoms with Gasteiger partial charge in [0.15, 0.2) is 0 Å². The summed E-state index contributed by atoms with van der Waals surface area (Å²) >= 11 is 0. The summed E-state index contributed by atoms with van der Waals surface area (Å²) in [7, 11) is 0. The molecule has 8 heteroatoms. The zero-order valence-electron chi connectivity index (χ0n) is 32.5. The molecule has 5 rings (SSSR count). The summed E-state index contributed by atoms with van der Waals surface area (Å²) in [6, 6.07) is 38.6. The lowest BCUT2D eigenvalue weighted by Crippen LogP contribution is -2.15. The molecule has 0 saturated heterocycles. The second kappa shape index (κ2) is 23.0. The molecular weight excluding hydrogens is 701 g/mol. The van der Waals surface area contributed by atoms with E-state index in [1.807, 2.05) is 109 Å². The molecule has 0 unspecified atom stereocenters. The van der Waals surface area contributed by atoms with Gasteiger partial charge in [-0.2, -0.15) is 0 Å². The monoisotopic (exact) mass is 752 g/mol. The molecule has 0 fully saturated rings. The fourth-order valence-corrected chi connectivity index (χ4v) is 5.68. The summed E-state index contributed by atoms with van der Waals surface area (Å²) in [5, 5.41) is 0. The van der Waals surface area contributed by atoms with E-state index in [0.29, 0.717) is 13.2 Å². The Hall–Kier alpha value is -6.02. The molecule has 0 heterocycles. The number of aliphatic imine (C=N–C) groups is 2. The molecule has 290 valence electrons. The Kier molecular flexibility index (Phi) is 16.9. The molecule has 0 N–H and O–H groups in total. The second-order valence-electron chi connectivity index (χ2n) is 13.7. The van der Waals surface area contributed by atoms with Crippen molar-refractivity contribution in [3.05, 3.63) is 155 Å². The Morgan fingerprint density at radius 3 is 1.18 bits per heavy atom. The van der Waals surface area contributed by atoms with Crippen LogP contribution in [-0.4, -0.2) is 50.8 Å². The van der Waals surface area contributed by atoms with E-state index < -0.39 is 11.9 Å². The van der Waals surface area contributed by atoms with Crippen molar-refractivity contribution in [3.63, 3.8) is 0 Å². The van der Waals surface area contributed by atoms with Crippen LogP contribution in [0.4, 0.5) is 11.4 Å². The van der Waals surface area contributed by atoms with Gasteiger partial charge in [-0.05, 0) is 161 Å². The van der Waals surface area contributed by atoms with Crippen molar-refractivity contribution in [1.82, 2.24) is 0 Å². The Labute approximate surface area is 331 Å². The first-order valence-electron chi connectivity index (χ1n) is 19.5. The number of carbonyl (C=O) groups excluding carboxylic acids is 2. The molecule has 0 atom stereocenters. The number of carbonyl (C=O) groups is 2. The van der Waals surface area contributed by atoms with E-state index in [1.54, 1.807) is 24.3 Å². The van der Waals surface area contributed by atoms with Gasteiger partial charge in [0.2, 0.25) is 0 Å². The van der Waals surface area contributed by atoms with Gasteiger partial charge in [-0.1, -0.05) is 47.5 Å². The Balaban J connectivity index is 0.883. The van der Waals surface area contributed by atoms with E-state index in [-0.39, 0.29) is 24.3 Å². The lowest BCUT2D eigenvalue weighted by atomic mass is 10.1. The molecule has 0 aliphatic heterocycles. The standard InChI is InChI=1S/C48H52N2O6/c1-37-15-23-41(24-16-37)49-35-39-19-27-43(28-20-39)53-31-9-3-5-11-33-55-47(51)45-13-7-8-14-46(45)48(52)56-34-12-6-4-10-32-54-44-29-21-40(22-30-44)36-50-42-25-17-38(2)18-26-42/h7-8,13-30,35-36H,3-6,9-12,31-34H2,1-2H3. The van der Waals surface area contributed by atoms with Crippen LogP contribution in [0, 0.1) is 13.8 Å². The summed E-state index contributed by atoms with van der Waals surface area (Å²) in [4.78, 5) is 34.7. The van der Waals surface area contributed by atoms with Gasteiger partial charge in [-0.15, -0.1) is 0 Å². The summed E-state index contributed by atoms with van der Waals surface area (Å²) in [6.07, 6.45) is 10.7. The minimum Gasteiger partial charge on any atom is -0.494 e. The third-order valence-corrected chi connectivity index (χ3v) is 9.00. The largest absolute Gasteiger partial charge is 0.494 e. The number of unbranched alkanes of at least 4 members (excludes halogenated alkanes) is 6.